The molecule has 0 aliphatic rings. The molecule has 0 aromatic rings. The fourth-order valence-corrected chi connectivity index (χ4v) is 1.02. The largest absolute Gasteiger partial charge is 0.463 e. The summed E-state index contributed by atoms with van der Waals surface area (Å²) in [6.45, 7) is 8.26. The van der Waals surface area contributed by atoms with Gasteiger partial charge in [0.25, 0.3) is 0 Å². The molecular weight excluding hydrogens is 252 g/mol. The van der Waals surface area contributed by atoms with Gasteiger partial charge in [-0.25, -0.2) is 0 Å². The number of hydrogen-bond acceptors (Lipinski definition) is 6. The Morgan fingerprint density at radius 2 is 1.26 bits per heavy atom. The van der Waals surface area contributed by atoms with Crippen LogP contribution in [0.2, 0.25) is 0 Å². The maximum Gasteiger partial charge on any atom is 0.311 e. The number of aliphatic hydroxyl groups excluding tert-OH is 1. The minimum atomic E-state index is -0.475. The van der Waals surface area contributed by atoms with E-state index in [1.54, 1.807) is 0 Å². The maximum absolute atomic E-state index is 11.4. The molecule has 0 amide bonds. The normalized spacial score (nSPS) is 11.6. The van der Waals surface area contributed by atoms with Crippen molar-refractivity contribution >= 4 is 5.97 Å². The molecule has 0 rings (SSSR count). The van der Waals surface area contributed by atoms with Crippen LogP contribution in [-0.2, 0) is 23.7 Å². The second-order valence-electron chi connectivity index (χ2n) is 4.95. The predicted molar refractivity (Wildman–Crippen MR) is 70.0 cm³/mol. The van der Waals surface area contributed by atoms with Gasteiger partial charge >= 0.3 is 5.97 Å². The number of esters is 1. The van der Waals surface area contributed by atoms with E-state index in [9.17, 15) is 4.79 Å². The molecule has 1 N–H and O–H groups in total. The lowest BCUT2D eigenvalue weighted by atomic mass is 9.97. The fourth-order valence-electron chi connectivity index (χ4n) is 1.02. The van der Waals surface area contributed by atoms with E-state index in [-0.39, 0.29) is 19.2 Å². The van der Waals surface area contributed by atoms with E-state index in [1.807, 2.05) is 20.8 Å². The quantitative estimate of drug-likeness (QED) is 0.441. The summed E-state index contributed by atoms with van der Waals surface area (Å²) in [4.78, 5) is 11.4. The van der Waals surface area contributed by atoms with E-state index in [1.165, 1.54) is 0 Å². The van der Waals surface area contributed by atoms with Crippen LogP contribution < -0.4 is 0 Å². The summed E-state index contributed by atoms with van der Waals surface area (Å²) in [5.41, 5.74) is -0.475. The smallest absolute Gasteiger partial charge is 0.311 e. The van der Waals surface area contributed by atoms with Gasteiger partial charge in [0.2, 0.25) is 0 Å². The molecule has 0 atom stereocenters. The molecule has 6 heteroatoms. The van der Waals surface area contributed by atoms with Crippen LogP contribution in [0.25, 0.3) is 0 Å². The summed E-state index contributed by atoms with van der Waals surface area (Å²) < 4.78 is 20.5. The minimum absolute atomic E-state index is 0.0242. The lowest BCUT2D eigenvalue weighted by molar-refractivity contribution is -0.154. The van der Waals surface area contributed by atoms with E-state index < -0.39 is 5.41 Å². The third-order valence-electron chi connectivity index (χ3n) is 2.05. The Kier molecular flexibility index (Phi) is 10.8. The van der Waals surface area contributed by atoms with E-state index in [4.69, 9.17) is 24.1 Å². The topological polar surface area (TPSA) is 74.2 Å². The SMILES string of the molecule is CC(C)(C)C(=O)OCCOCCOCCOCCO. The first kappa shape index (κ1) is 18.3. The van der Waals surface area contributed by atoms with Crippen molar-refractivity contribution in [1.82, 2.24) is 0 Å². The Bertz CT molecular complexity index is 224. The zero-order valence-electron chi connectivity index (χ0n) is 12.1. The van der Waals surface area contributed by atoms with Gasteiger partial charge in [-0.1, -0.05) is 0 Å². The summed E-state index contributed by atoms with van der Waals surface area (Å²) in [6.07, 6.45) is 0. The Morgan fingerprint density at radius 3 is 1.68 bits per heavy atom. The van der Waals surface area contributed by atoms with Crippen molar-refractivity contribution in [3.63, 3.8) is 0 Å². The number of carbonyl (C=O) groups is 1. The Morgan fingerprint density at radius 1 is 0.842 bits per heavy atom. The molecule has 0 saturated carbocycles. The molecule has 0 aliphatic heterocycles. The first-order valence-corrected chi connectivity index (χ1v) is 6.50. The maximum atomic E-state index is 11.4. The van der Waals surface area contributed by atoms with Crippen LogP contribution in [0.3, 0.4) is 0 Å². The summed E-state index contributed by atoms with van der Waals surface area (Å²) in [6, 6.07) is 0. The first-order chi connectivity index (χ1) is 8.98. The average Bonchev–Trinajstić information content (AvgIpc) is 2.34. The van der Waals surface area contributed by atoms with Crippen LogP contribution >= 0.6 is 0 Å². The minimum Gasteiger partial charge on any atom is -0.463 e. The van der Waals surface area contributed by atoms with E-state index in [2.05, 4.69) is 0 Å². The van der Waals surface area contributed by atoms with Gasteiger partial charge in [0.1, 0.15) is 6.61 Å². The molecule has 0 unspecified atom stereocenters. The van der Waals surface area contributed by atoms with Crippen molar-refractivity contribution in [2.75, 3.05) is 52.9 Å². The van der Waals surface area contributed by atoms with Crippen molar-refractivity contribution in [2.24, 2.45) is 5.41 Å². The van der Waals surface area contributed by atoms with Crippen LogP contribution in [0.5, 0.6) is 0 Å². The van der Waals surface area contributed by atoms with Gasteiger partial charge in [-0.05, 0) is 20.8 Å². The van der Waals surface area contributed by atoms with Gasteiger partial charge in [0, 0.05) is 0 Å². The zero-order valence-corrected chi connectivity index (χ0v) is 12.1. The van der Waals surface area contributed by atoms with Crippen LogP contribution in [-0.4, -0.2) is 63.9 Å². The Balaban J connectivity index is 3.17. The number of rotatable bonds is 11. The standard InChI is InChI=1S/C13H26O6/c1-13(2,3)12(15)19-11-10-18-9-8-17-7-6-16-5-4-14/h14H,4-11H2,1-3H3. The van der Waals surface area contributed by atoms with Crippen molar-refractivity contribution in [2.45, 2.75) is 20.8 Å². The summed E-state index contributed by atoms with van der Waals surface area (Å²) in [5, 5.41) is 8.46. The van der Waals surface area contributed by atoms with Gasteiger partial charge in [0.15, 0.2) is 0 Å². The van der Waals surface area contributed by atoms with Crippen molar-refractivity contribution in [3.8, 4) is 0 Å². The average molecular weight is 278 g/mol. The first-order valence-electron chi connectivity index (χ1n) is 6.50. The molecular formula is C13H26O6. The van der Waals surface area contributed by atoms with Crippen molar-refractivity contribution in [3.05, 3.63) is 0 Å². The van der Waals surface area contributed by atoms with E-state index in [0.29, 0.717) is 39.6 Å². The lowest BCUT2D eigenvalue weighted by Gasteiger charge is -2.16. The Hall–Kier alpha value is -0.690. The predicted octanol–water partition coefficient (Wildman–Crippen LogP) is 0.618. The molecule has 0 aromatic heterocycles. The zero-order chi connectivity index (χ0) is 14.6. The monoisotopic (exact) mass is 278 g/mol. The summed E-state index contributed by atoms with van der Waals surface area (Å²) >= 11 is 0. The molecule has 114 valence electrons. The van der Waals surface area contributed by atoms with Crippen LogP contribution in [0.1, 0.15) is 20.8 Å². The lowest BCUT2D eigenvalue weighted by Crippen LogP contribution is -2.24. The molecule has 0 aromatic carbocycles. The third-order valence-corrected chi connectivity index (χ3v) is 2.05. The highest BCUT2D eigenvalue weighted by atomic mass is 16.6. The van der Waals surface area contributed by atoms with Gasteiger partial charge in [-0.15, -0.1) is 0 Å². The molecule has 0 fully saturated rings. The highest BCUT2D eigenvalue weighted by molar-refractivity contribution is 5.75. The van der Waals surface area contributed by atoms with Crippen molar-refractivity contribution < 1.29 is 28.8 Å². The Labute approximate surface area is 115 Å². The third kappa shape index (κ3) is 12.1. The fraction of sp³-hybridized carbons (Fsp3) is 0.923. The number of aliphatic hydroxyl groups is 1. The van der Waals surface area contributed by atoms with E-state index in [0.717, 1.165) is 0 Å². The summed E-state index contributed by atoms with van der Waals surface area (Å²) in [7, 11) is 0. The molecule has 0 aliphatic carbocycles. The molecule has 6 nitrogen and oxygen atoms in total. The van der Waals surface area contributed by atoms with Crippen LogP contribution in [0, 0.1) is 5.41 Å². The second kappa shape index (κ2) is 11.2. The van der Waals surface area contributed by atoms with E-state index >= 15 is 0 Å². The van der Waals surface area contributed by atoms with Crippen LogP contribution in [0.4, 0.5) is 0 Å². The van der Waals surface area contributed by atoms with Gasteiger partial charge < -0.3 is 24.1 Å². The summed E-state index contributed by atoms with van der Waals surface area (Å²) in [5.74, 6) is -0.228. The molecule has 0 heterocycles. The number of hydrogen-bond donors (Lipinski definition) is 1. The van der Waals surface area contributed by atoms with Gasteiger partial charge in [-0.3, -0.25) is 4.79 Å². The number of ether oxygens (including phenoxy) is 4. The van der Waals surface area contributed by atoms with Gasteiger partial charge in [-0.2, -0.15) is 0 Å². The molecule has 19 heavy (non-hydrogen) atoms. The molecule has 0 spiro atoms. The van der Waals surface area contributed by atoms with Gasteiger partial charge in [0.05, 0.1) is 51.7 Å². The highest BCUT2D eigenvalue weighted by Crippen LogP contribution is 2.14. The molecule has 0 radical (unpaired) electrons. The number of carbonyl (C=O) groups excluding carboxylic acids is 1. The molecule has 0 saturated heterocycles. The highest BCUT2D eigenvalue weighted by Gasteiger charge is 2.22. The second-order valence-corrected chi connectivity index (χ2v) is 4.95. The van der Waals surface area contributed by atoms with Crippen LogP contribution in [0.15, 0.2) is 0 Å². The molecule has 0 bridgehead atoms. The van der Waals surface area contributed by atoms with Crippen molar-refractivity contribution in [1.29, 1.82) is 0 Å².